The molecule has 0 bridgehead atoms. The Hall–Kier alpha value is -1.05. The van der Waals surface area contributed by atoms with E-state index in [1.807, 2.05) is 24.3 Å². The summed E-state index contributed by atoms with van der Waals surface area (Å²) in [7, 11) is 4.11. The summed E-state index contributed by atoms with van der Waals surface area (Å²) in [5.41, 5.74) is 1.04. The van der Waals surface area contributed by atoms with Gasteiger partial charge in [0.15, 0.2) is 0 Å². The Kier molecular flexibility index (Phi) is 12.6. The van der Waals surface area contributed by atoms with Gasteiger partial charge in [0.2, 0.25) is 0 Å². The normalized spacial score (nSPS) is 16.5. The summed E-state index contributed by atoms with van der Waals surface area (Å²) in [5.74, 6) is 0.792. The highest BCUT2D eigenvalue weighted by molar-refractivity contribution is 5.85. The first-order chi connectivity index (χ1) is 11.1. The first-order valence-electron chi connectivity index (χ1n) is 8.11. The number of hydrogen-bond donors (Lipinski definition) is 2. The highest BCUT2D eigenvalue weighted by Gasteiger charge is 2.21. The predicted octanol–water partition coefficient (Wildman–Crippen LogP) is 1.47. The maximum absolute atomic E-state index is 12.0. The number of nitrogens with zero attached hydrogens (tertiary/aromatic N) is 1. The van der Waals surface area contributed by atoms with Crippen LogP contribution in [-0.2, 0) is 16.1 Å². The number of morpholine rings is 1. The van der Waals surface area contributed by atoms with Gasteiger partial charge >= 0.3 is 0 Å². The zero-order valence-electron chi connectivity index (χ0n) is 14.8. The fraction of sp³-hybridized carbons (Fsp3) is 0.588. The summed E-state index contributed by atoms with van der Waals surface area (Å²) >= 11 is 0. The maximum Gasteiger partial charge on any atom is 0.250 e. The smallest absolute Gasteiger partial charge is 0.250 e. The largest absolute Gasteiger partial charge is 0.494 e. The third-order valence-electron chi connectivity index (χ3n) is 3.63. The Balaban J connectivity index is 0.00000288. The lowest BCUT2D eigenvalue weighted by Gasteiger charge is -2.22. The van der Waals surface area contributed by atoms with Crippen molar-refractivity contribution in [2.45, 2.75) is 19.1 Å². The fourth-order valence-electron chi connectivity index (χ4n) is 2.31. The number of rotatable bonds is 8. The van der Waals surface area contributed by atoms with E-state index in [1.165, 1.54) is 0 Å². The van der Waals surface area contributed by atoms with E-state index >= 15 is 0 Å². The molecule has 1 atom stereocenters. The van der Waals surface area contributed by atoms with Crippen molar-refractivity contribution in [3.05, 3.63) is 29.8 Å². The molecule has 1 amide bonds. The predicted molar refractivity (Wildman–Crippen MR) is 104 cm³/mol. The molecule has 1 heterocycles. The molecule has 6 nitrogen and oxygen atoms in total. The van der Waals surface area contributed by atoms with E-state index in [4.69, 9.17) is 9.47 Å². The van der Waals surface area contributed by atoms with Gasteiger partial charge in [0.1, 0.15) is 11.9 Å². The SMILES string of the molecule is CN(C)CCCOc1ccc(CNC(=O)C2CNCCO2)cc1.Cl.Cl. The van der Waals surface area contributed by atoms with Gasteiger partial charge in [-0.05, 0) is 38.2 Å². The van der Waals surface area contributed by atoms with Crippen LogP contribution in [0.4, 0.5) is 0 Å². The van der Waals surface area contributed by atoms with Crippen molar-refractivity contribution in [2.24, 2.45) is 0 Å². The minimum Gasteiger partial charge on any atom is -0.494 e. The highest BCUT2D eigenvalue weighted by Crippen LogP contribution is 2.12. The summed E-state index contributed by atoms with van der Waals surface area (Å²) in [6.07, 6.45) is 0.614. The average molecular weight is 394 g/mol. The lowest BCUT2D eigenvalue weighted by molar-refractivity contribution is -0.134. The van der Waals surface area contributed by atoms with E-state index in [0.29, 0.717) is 26.3 Å². The monoisotopic (exact) mass is 393 g/mol. The van der Waals surface area contributed by atoms with Gasteiger partial charge in [-0.15, -0.1) is 24.8 Å². The average Bonchev–Trinajstić information content (AvgIpc) is 2.58. The molecule has 1 aromatic carbocycles. The van der Waals surface area contributed by atoms with E-state index in [0.717, 1.165) is 30.8 Å². The van der Waals surface area contributed by atoms with Crippen LogP contribution < -0.4 is 15.4 Å². The van der Waals surface area contributed by atoms with E-state index in [9.17, 15) is 4.79 Å². The van der Waals surface area contributed by atoms with E-state index in [1.54, 1.807) is 0 Å². The molecule has 0 radical (unpaired) electrons. The van der Waals surface area contributed by atoms with E-state index in [-0.39, 0.29) is 36.8 Å². The zero-order valence-corrected chi connectivity index (χ0v) is 16.5. The van der Waals surface area contributed by atoms with Gasteiger partial charge < -0.3 is 25.0 Å². The molecule has 0 saturated carbocycles. The minimum absolute atomic E-state index is 0. The van der Waals surface area contributed by atoms with Crippen LogP contribution in [0.1, 0.15) is 12.0 Å². The molecule has 0 aromatic heterocycles. The second kappa shape index (κ2) is 13.2. The first kappa shape index (κ1) is 23.9. The molecule has 144 valence electrons. The molecular formula is C17H29Cl2N3O3. The summed E-state index contributed by atoms with van der Waals surface area (Å²) in [6, 6.07) is 7.83. The van der Waals surface area contributed by atoms with Gasteiger partial charge in [-0.3, -0.25) is 4.79 Å². The number of ether oxygens (including phenoxy) is 2. The zero-order chi connectivity index (χ0) is 16.5. The second-order valence-electron chi connectivity index (χ2n) is 5.93. The van der Waals surface area contributed by atoms with Gasteiger partial charge in [-0.25, -0.2) is 0 Å². The summed E-state index contributed by atoms with van der Waals surface area (Å²) < 4.78 is 11.1. The molecule has 2 rings (SSSR count). The van der Waals surface area contributed by atoms with Crippen molar-refractivity contribution in [2.75, 3.05) is 46.9 Å². The number of carbonyl (C=O) groups is 1. The van der Waals surface area contributed by atoms with Crippen LogP contribution >= 0.6 is 24.8 Å². The molecule has 1 aromatic rings. The summed E-state index contributed by atoms with van der Waals surface area (Å²) in [6.45, 7) is 4.19. The Morgan fingerprint density at radius 2 is 2.04 bits per heavy atom. The van der Waals surface area contributed by atoms with Crippen LogP contribution in [0, 0.1) is 0 Å². The Bertz CT molecular complexity index is 481. The third-order valence-corrected chi connectivity index (χ3v) is 3.63. The van der Waals surface area contributed by atoms with Crippen LogP contribution in [0.2, 0.25) is 0 Å². The molecule has 1 aliphatic heterocycles. The topological polar surface area (TPSA) is 62.8 Å². The van der Waals surface area contributed by atoms with Crippen LogP contribution in [0.5, 0.6) is 5.75 Å². The Morgan fingerprint density at radius 1 is 1.32 bits per heavy atom. The molecule has 1 aliphatic rings. The number of halogens is 2. The van der Waals surface area contributed by atoms with Crippen LogP contribution in [-0.4, -0.2) is 63.9 Å². The van der Waals surface area contributed by atoms with Gasteiger partial charge in [-0.1, -0.05) is 12.1 Å². The minimum atomic E-state index is -0.386. The van der Waals surface area contributed by atoms with Gasteiger partial charge in [-0.2, -0.15) is 0 Å². The van der Waals surface area contributed by atoms with Crippen molar-refractivity contribution in [1.82, 2.24) is 15.5 Å². The molecule has 0 spiro atoms. The van der Waals surface area contributed by atoms with E-state index < -0.39 is 0 Å². The molecule has 2 N–H and O–H groups in total. The first-order valence-corrected chi connectivity index (χ1v) is 8.11. The fourth-order valence-corrected chi connectivity index (χ4v) is 2.31. The van der Waals surface area contributed by atoms with Crippen molar-refractivity contribution >= 4 is 30.7 Å². The summed E-state index contributed by atoms with van der Waals surface area (Å²) in [4.78, 5) is 14.1. The van der Waals surface area contributed by atoms with Crippen LogP contribution in [0.15, 0.2) is 24.3 Å². The molecule has 8 heteroatoms. The van der Waals surface area contributed by atoms with Crippen molar-refractivity contribution in [1.29, 1.82) is 0 Å². The number of nitrogens with one attached hydrogen (secondary N) is 2. The quantitative estimate of drug-likeness (QED) is 0.654. The van der Waals surface area contributed by atoms with Gasteiger partial charge in [0, 0.05) is 26.2 Å². The van der Waals surface area contributed by atoms with E-state index in [2.05, 4.69) is 29.6 Å². The molecule has 25 heavy (non-hydrogen) atoms. The lowest BCUT2D eigenvalue weighted by Crippen LogP contribution is -2.47. The Labute approximate surface area is 162 Å². The molecule has 1 saturated heterocycles. The molecule has 0 aliphatic carbocycles. The van der Waals surface area contributed by atoms with Crippen molar-refractivity contribution < 1.29 is 14.3 Å². The highest BCUT2D eigenvalue weighted by atomic mass is 35.5. The van der Waals surface area contributed by atoms with Crippen LogP contribution in [0.25, 0.3) is 0 Å². The number of benzene rings is 1. The lowest BCUT2D eigenvalue weighted by atomic mass is 10.2. The number of hydrogen-bond acceptors (Lipinski definition) is 5. The third kappa shape index (κ3) is 9.28. The standard InChI is InChI=1S/C17H27N3O3.2ClH/c1-20(2)9-3-10-22-15-6-4-14(5-7-15)12-19-17(21)16-13-18-8-11-23-16;;/h4-7,16,18H,3,8-13H2,1-2H3,(H,19,21);2*1H. The molecule has 1 fully saturated rings. The number of carbonyl (C=O) groups excluding carboxylic acids is 1. The molecule has 1 unspecified atom stereocenters. The summed E-state index contributed by atoms with van der Waals surface area (Å²) in [5, 5.41) is 6.05. The molecular weight excluding hydrogens is 365 g/mol. The number of amides is 1. The van der Waals surface area contributed by atoms with Gasteiger partial charge in [0.05, 0.1) is 13.2 Å². The van der Waals surface area contributed by atoms with Crippen LogP contribution in [0.3, 0.4) is 0 Å². The maximum atomic E-state index is 12.0. The Morgan fingerprint density at radius 3 is 2.64 bits per heavy atom. The van der Waals surface area contributed by atoms with Gasteiger partial charge in [0.25, 0.3) is 5.91 Å². The van der Waals surface area contributed by atoms with Crippen molar-refractivity contribution in [3.63, 3.8) is 0 Å². The van der Waals surface area contributed by atoms with Crippen molar-refractivity contribution in [3.8, 4) is 5.75 Å². The second-order valence-corrected chi connectivity index (χ2v) is 5.93.